The van der Waals surface area contributed by atoms with Crippen LogP contribution in [-0.4, -0.2) is 70.7 Å². The molecular formula is C10H16K16N2O24P8. The minimum absolute atomic E-state index is 0. The van der Waals surface area contributed by atoms with Crippen molar-refractivity contribution in [1.82, 2.24) is 9.80 Å². The third-order valence-electron chi connectivity index (χ3n) is 5.16. The zero-order chi connectivity index (χ0) is 35.7. The first-order valence-electron chi connectivity index (χ1n) is 10.5. The van der Waals surface area contributed by atoms with Crippen LogP contribution in [0.4, 0.5) is 0 Å². The molecule has 0 rings (SSSR count). The molecule has 0 aromatic carbocycles. The van der Waals surface area contributed by atoms with E-state index in [0.717, 1.165) is 0 Å². The molecule has 0 N–H and O–H groups in total. The van der Waals surface area contributed by atoms with Crippen LogP contribution in [-0.2, 0) is 36.5 Å². The van der Waals surface area contributed by atoms with E-state index in [0.29, 0.717) is 0 Å². The van der Waals surface area contributed by atoms with Gasteiger partial charge in [-0.25, -0.2) is 0 Å². The maximum atomic E-state index is 11.8. The van der Waals surface area contributed by atoms with Crippen LogP contribution in [0, 0.1) is 0 Å². The van der Waals surface area contributed by atoms with E-state index in [2.05, 4.69) is 0 Å². The Labute approximate surface area is 1030 Å². The van der Waals surface area contributed by atoms with E-state index in [1.807, 2.05) is 0 Å². The maximum Gasteiger partial charge on any atom is 1.00 e. The van der Waals surface area contributed by atoms with Crippen molar-refractivity contribution in [1.29, 1.82) is 0 Å². The van der Waals surface area contributed by atoms with Crippen LogP contribution in [0.2, 0.25) is 0 Å². The van der Waals surface area contributed by atoms with Gasteiger partial charge in [-0.1, -0.05) is 30.4 Å². The van der Waals surface area contributed by atoms with Gasteiger partial charge >= 0.3 is 822 Å². The van der Waals surface area contributed by atoms with Crippen LogP contribution >= 0.6 is 60.8 Å². The Hall–Kier alpha value is 27.3. The average molecular weight is 1420 g/mol. The van der Waals surface area contributed by atoms with Crippen molar-refractivity contribution >= 4 is 60.8 Å². The van der Waals surface area contributed by atoms with Crippen LogP contribution in [0.15, 0.2) is 0 Å². The summed E-state index contributed by atoms with van der Waals surface area (Å²) in [7, 11) is -53.0. The monoisotopic (exact) mass is 1420 g/mol. The van der Waals surface area contributed by atoms with Gasteiger partial charge in [-0.3, -0.25) is 9.80 Å². The molecule has 60 heavy (non-hydrogen) atoms. The molecule has 0 aliphatic heterocycles. The van der Waals surface area contributed by atoms with Gasteiger partial charge in [0.15, 0.2) is 0 Å². The van der Waals surface area contributed by atoms with E-state index in [1.165, 1.54) is 0 Å². The third-order valence-corrected chi connectivity index (χ3v) is 14.3. The fourth-order valence-corrected chi connectivity index (χ4v) is 14.4. The van der Waals surface area contributed by atoms with E-state index in [9.17, 15) is 115 Å². The van der Waals surface area contributed by atoms with Crippen molar-refractivity contribution < 1.29 is 937 Å². The maximum absolute atomic E-state index is 11.8. The molecule has 0 spiro atoms. The largest absolute Gasteiger partial charge is 1.00 e. The SMILES string of the molecule is O=P([O-])([O-])CC(N(CCN(C(CP(=O)([O-])[O-])P(=O)([O-])[O-])C(CP(=O)([O-])[O-])P(=O)([O-])[O-])C(CP(=O)([O-])[O-])P(=O)([O-])[O-])P(=O)([O-])[O-].[K+].[K+].[K+].[K+].[K+].[K+].[K+].[K+].[K+].[K+].[K+].[K+].[K+].[K+].[K+].[K+]. The fraction of sp³-hybridized carbons (Fsp3) is 1.00. The first-order chi connectivity index (χ1) is 18.9. The third kappa shape index (κ3) is 71.2. The summed E-state index contributed by atoms with van der Waals surface area (Å²) in [6.07, 6.45) is -10.3. The Morgan fingerprint density at radius 3 is 0.417 bits per heavy atom. The molecule has 0 radical (unpaired) electrons. The van der Waals surface area contributed by atoms with Gasteiger partial charge in [0.1, 0.15) is 0 Å². The van der Waals surface area contributed by atoms with Crippen LogP contribution in [0.3, 0.4) is 0 Å². The Kier molecular flexibility index (Phi) is 140. The van der Waals surface area contributed by atoms with E-state index < -0.39 is 131 Å². The van der Waals surface area contributed by atoms with Crippen molar-refractivity contribution in [3.05, 3.63) is 0 Å². The topological polar surface area (TPSA) is 512 Å². The van der Waals surface area contributed by atoms with Crippen LogP contribution < -0.4 is 900 Å². The van der Waals surface area contributed by atoms with Gasteiger partial charge in [-0.2, -0.15) is 0 Å². The molecule has 0 saturated heterocycles. The molecule has 4 unspecified atom stereocenters. The Morgan fingerprint density at radius 2 is 0.350 bits per heavy atom. The summed E-state index contributed by atoms with van der Waals surface area (Å²) in [6, 6.07) is 0. The standard InChI is InChI=1S/C10H32N2O24P8.16K/c13-37(14,15)3-7(41(25,26)27)11(8(42(28,29)30)4-38(16,17)18)1-2-12(9(43(31,32)33)5-39(19,20)21)10(44(34,35)36)6-40(22,23)24;;;;;;;;;;;;;;;;/h7-10H,1-6H2,(H2,13,14,15)(H2,16,17,18)(H2,19,20,21)(H2,22,23,24)(H2,25,26,27)(H2,28,29,30)(H2,31,32,33)(H2,34,35,36);;;;;;;;;;;;;;;;/q;16*+1/p-16. The summed E-state index contributed by atoms with van der Waals surface area (Å²) < 4.78 is 92.4. The first kappa shape index (κ1) is 132. The van der Waals surface area contributed by atoms with Gasteiger partial charge < -0.3 is 115 Å². The first-order valence-corrected chi connectivity index (χ1v) is 23.8. The number of nitrogens with zero attached hydrogens (tertiary/aromatic N) is 2. The molecule has 26 nitrogen and oxygen atoms in total. The molecule has 266 valence electrons. The summed E-state index contributed by atoms with van der Waals surface area (Å²) >= 11 is 0. The summed E-state index contributed by atoms with van der Waals surface area (Å²) in [5, 5.41) is 0. The minimum Gasteiger partial charge on any atom is -0.811 e. The number of hydrogen-bond donors (Lipinski definition) is 0. The predicted molar refractivity (Wildman–Crippen MR) is 109 cm³/mol. The molecular weight excluding hydrogens is 1410 g/mol. The number of rotatable bonds is 19. The molecule has 0 aromatic rings. The van der Waals surface area contributed by atoms with E-state index in [1.54, 1.807) is 0 Å². The summed E-state index contributed by atoms with van der Waals surface area (Å²) in [4.78, 5) is 183. The van der Waals surface area contributed by atoms with E-state index in [4.69, 9.17) is 0 Å². The van der Waals surface area contributed by atoms with Crippen LogP contribution in [0.1, 0.15) is 0 Å². The summed E-state index contributed by atoms with van der Waals surface area (Å²) in [6.45, 7) is -4.43. The van der Waals surface area contributed by atoms with Crippen molar-refractivity contribution in [3.8, 4) is 0 Å². The molecule has 0 amide bonds. The van der Waals surface area contributed by atoms with Crippen molar-refractivity contribution in [3.63, 3.8) is 0 Å². The quantitative estimate of drug-likeness (QED) is 0.0856. The summed E-state index contributed by atoms with van der Waals surface area (Å²) in [5.41, 5.74) is 0. The molecule has 4 atom stereocenters. The van der Waals surface area contributed by atoms with Gasteiger partial charge in [0.25, 0.3) is 0 Å². The van der Waals surface area contributed by atoms with Gasteiger partial charge in [-0.15, -0.1) is 0 Å². The zero-order valence-corrected chi connectivity index (χ0v) is 93.9. The van der Waals surface area contributed by atoms with Gasteiger partial charge in [-0.05, 0) is 55.0 Å². The molecule has 0 saturated carbocycles. The van der Waals surface area contributed by atoms with Gasteiger partial charge in [0.05, 0.1) is 0 Å². The van der Waals surface area contributed by atoms with Crippen LogP contribution in [0.25, 0.3) is 0 Å². The van der Waals surface area contributed by atoms with Crippen molar-refractivity contribution in [2.24, 2.45) is 0 Å². The second kappa shape index (κ2) is 63.7. The van der Waals surface area contributed by atoms with Crippen molar-refractivity contribution in [2.45, 2.75) is 23.1 Å². The Bertz CT molecular complexity index is 1210. The normalized spacial score (nSPS) is 13.2. The van der Waals surface area contributed by atoms with E-state index in [-0.39, 0.29) is 822 Å². The molecule has 0 heterocycles. The second-order valence-corrected chi connectivity index (χ2v) is 21.8. The zero-order valence-electron chi connectivity index (χ0n) is 36.8. The predicted octanol–water partition coefficient (Wildman–Crippen LogP) is -61.7. The molecule has 0 aromatic heterocycles. The molecule has 0 aliphatic rings. The fourth-order valence-electron chi connectivity index (χ4n) is 3.57. The molecule has 0 bridgehead atoms. The Balaban J connectivity index is -0.0000000770. The second-order valence-electron chi connectivity index (χ2n) is 8.73. The van der Waals surface area contributed by atoms with Crippen LogP contribution in [0.5, 0.6) is 0 Å². The molecule has 0 aliphatic carbocycles. The Morgan fingerprint density at radius 1 is 0.250 bits per heavy atom. The van der Waals surface area contributed by atoms with E-state index >= 15 is 0 Å². The minimum atomic E-state index is -6.86. The van der Waals surface area contributed by atoms with Crippen molar-refractivity contribution in [2.75, 3.05) is 37.7 Å². The van der Waals surface area contributed by atoms with Gasteiger partial charge in [0.2, 0.25) is 0 Å². The number of hydrogen-bond acceptors (Lipinski definition) is 26. The smallest absolute Gasteiger partial charge is 0.811 e. The average Bonchev–Trinajstić information content (AvgIpc) is 2.66. The molecule has 50 heteroatoms. The van der Waals surface area contributed by atoms with Gasteiger partial charge in [0, 0.05) is 36.2 Å². The summed E-state index contributed by atoms with van der Waals surface area (Å²) in [5.74, 6) is -14.9. The molecule has 0 fully saturated rings.